The highest BCUT2D eigenvalue weighted by Gasteiger charge is 2.19. The molecule has 0 fully saturated rings. The second-order valence-electron chi connectivity index (χ2n) is 4.03. The van der Waals surface area contributed by atoms with E-state index in [9.17, 15) is 4.79 Å². The van der Waals surface area contributed by atoms with Gasteiger partial charge in [-0.05, 0) is 37.5 Å². The third-order valence-corrected chi connectivity index (χ3v) is 2.58. The van der Waals surface area contributed by atoms with Gasteiger partial charge in [0.05, 0.1) is 0 Å². The summed E-state index contributed by atoms with van der Waals surface area (Å²) >= 11 is 0. The van der Waals surface area contributed by atoms with Gasteiger partial charge in [-0.25, -0.2) is 5.43 Å². The summed E-state index contributed by atoms with van der Waals surface area (Å²) in [6.07, 6.45) is 0. The number of rotatable bonds is 3. The molecule has 4 heteroatoms. The first kappa shape index (κ1) is 12.7. The van der Waals surface area contributed by atoms with E-state index in [-0.39, 0.29) is 5.91 Å². The molecule has 1 aromatic carbocycles. The lowest BCUT2D eigenvalue weighted by molar-refractivity contribution is -0.123. The standard InChI is InChI=1S/C12H19N3O/c1-7-5-8(2)10(9(3)6-7)11(13)12(16)15-14-4/h5-6,11,14H,13H2,1-4H3,(H,15,16). The third-order valence-electron chi connectivity index (χ3n) is 2.58. The Kier molecular flexibility index (Phi) is 4.04. The lowest BCUT2D eigenvalue weighted by atomic mass is 9.94. The van der Waals surface area contributed by atoms with E-state index in [1.165, 1.54) is 5.56 Å². The Morgan fingerprint density at radius 1 is 1.25 bits per heavy atom. The summed E-state index contributed by atoms with van der Waals surface area (Å²) < 4.78 is 0. The number of hydrogen-bond acceptors (Lipinski definition) is 3. The number of benzene rings is 1. The van der Waals surface area contributed by atoms with Crippen LogP contribution in [-0.2, 0) is 4.79 Å². The summed E-state index contributed by atoms with van der Waals surface area (Å²) in [6, 6.07) is 3.44. The van der Waals surface area contributed by atoms with Gasteiger partial charge in [0.2, 0.25) is 0 Å². The molecule has 1 unspecified atom stereocenters. The minimum absolute atomic E-state index is 0.224. The van der Waals surface area contributed by atoms with Crippen LogP contribution in [0.2, 0.25) is 0 Å². The van der Waals surface area contributed by atoms with Gasteiger partial charge in [0.25, 0.3) is 5.91 Å². The Hall–Kier alpha value is -1.39. The lowest BCUT2D eigenvalue weighted by Crippen LogP contribution is -2.41. The monoisotopic (exact) mass is 221 g/mol. The van der Waals surface area contributed by atoms with Crippen LogP contribution in [0.15, 0.2) is 12.1 Å². The van der Waals surface area contributed by atoms with Crippen LogP contribution < -0.4 is 16.6 Å². The quantitative estimate of drug-likeness (QED) is 0.663. The molecule has 1 aromatic rings. The Morgan fingerprint density at radius 3 is 2.19 bits per heavy atom. The predicted octanol–water partition coefficient (Wildman–Crippen LogP) is 0.862. The van der Waals surface area contributed by atoms with Gasteiger partial charge in [-0.1, -0.05) is 17.7 Å². The zero-order valence-corrected chi connectivity index (χ0v) is 10.2. The van der Waals surface area contributed by atoms with Crippen LogP contribution in [0.5, 0.6) is 0 Å². The zero-order chi connectivity index (χ0) is 12.3. The van der Waals surface area contributed by atoms with Crippen molar-refractivity contribution in [2.75, 3.05) is 7.05 Å². The maximum absolute atomic E-state index is 11.6. The van der Waals surface area contributed by atoms with Crippen LogP contribution >= 0.6 is 0 Å². The molecule has 0 radical (unpaired) electrons. The molecule has 0 bridgehead atoms. The number of carbonyl (C=O) groups is 1. The molecule has 0 saturated heterocycles. The van der Waals surface area contributed by atoms with Gasteiger partial charge in [0.15, 0.2) is 0 Å². The Morgan fingerprint density at radius 2 is 1.75 bits per heavy atom. The van der Waals surface area contributed by atoms with Crippen molar-refractivity contribution in [1.29, 1.82) is 0 Å². The molecule has 4 N–H and O–H groups in total. The van der Waals surface area contributed by atoms with Crippen molar-refractivity contribution in [3.8, 4) is 0 Å². The smallest absolute Gasteiger partial charge is 0.255 e. The predicted molar refractivity (Wildman–Crippen MR) is 64.8 cm³/mol. The molecule has 0 aliphatic rings. The van der Waals surface area contributed by atoms with Gasteiger partial charge in [0.1, 0.15) is 6.04 Å². The van der Waals surface area contributed by atoms with E-state index in [4.69, 9.17) is 5.73 Å². The number of hydrogen-bond donors (Lipinski definition) is 3. The summed E-state index contributed by atoms with van der Waals surface area (Å²) in [5, 5.41) is 0. The molecule has 0 saturated carbocycles. The van der Waals surface area contributed by atoms with Gasteiger partial charge in [0, 0.05) is 7.05 Å². The van der Waals surface area contributed by atoms with E-state index in [0.29, 0.717) is 0 Å². The van der Waals surface area contributed by atoms with Crippen molar-refractivity contribution in [3.63, 3.8) is 0 Å². The molecule has 0 aliphatic heterocycles. The molecule has 0 heterocycles. The fourth-order valence-electron chi connectivity index (χ4n) is 2.01. The number of nitrogens with one attached hydrogen (secondary N) is 2. The second-order valence-corrected chi connectivity index (χ2v) is 4.03. The lowest BCUT2D eigenvalue weighted by Gasteiger charge is -2.17. The number of hydrazine groups is 1. The highest BCUT2D eigenvalue weighted by atomic mass is 16.2. The third kappa shape index (κ3) is 2.59. The summed E-state index contributed by atoms with van der Waals surface area (Å²) in [5.41, 5.74) is 15.2. The average Bonchev–Trinajstić information content (AvgIpc) is 2.16. The molecule has 16 heavy (non-hydrogen) atoms. The molecular formula is C12H19N3O. The molecule has 0 spiro atoms. The largest absolute Gasteiger partial charge is 0.316 e. The molecule has 1 amide bonds. The van der Waals surface area contributed by atoms with Crippen LogP contribution in [-0.4, -0.2) is 13.0 Å². The Balaban J connectivity index is 3.08. The highest BCUT2D eigenvalue weighted by molar-refractivity contribution is 5.83. The first-order chi connectivity index (χ1) is 7.47. The summed E-state index contributed by atoms with van der Waals surface area (Å²) in [6.45, 7) is 5.98. The molecule has 0 aliphatic carbocycles. The zero-order valence-electron chi connectivity index (χ0n) is 10.2. The van der Waals surface area contributed by atoms with Crippen molar-refractivity contribution < 1.29 is 4.79 Å². The van der Waals surface area contributed by atoms with E-state index < -0.39 is 6.04 Å². The summed E-state index contributed by atoms with van der Waals surface area (Å²) in [4.78, 5) is 11.6. The van der Waals surface area contributed by atoms with Crippen LogP contribution in [0.25, 0.3) is 0 Å². The number of carbonyl (C=O) groups excluding carboxylic acids is 1. The van der Waals surface area contributed by atoms with Crippen LogP contribution in [0.4, 0.5) is 0 Å². The van der Waals surface area contributed by atoms with Crippen LogP contribution in [0, 0.1) is 20.8 Å². The van der Waals surface area contributed by atoms with Gasteiger partial charge >= 0.3 is 0 Å². The maximum atomic E-state index is 11.6. The van der Waals surface area contributed by atoms with Crippen molar-refractivity contribution in [3.05, 3.63) is 34.4 Å². The topological polar surface area (TPSA) is 67.1 Å². The van der Waals surface area contributed by atoms with Crippen LogP contribution in [0.1, 0.15) is 28.3 Å². The number of nitrogens with two attached hydrogens (primary N) is 1. The Bertz CT molecular complexity index is 378. The Labute approximate surface area is 96.2 Å². The van der Waals surface area contributed by atoms with E-state index in [1.54, 1.807) is 7.05 Å². The molecular weight excluding hydrogens is 202 g/mol. The van der Waals surface area contributed by atoms with Gasteiger partial charge in [-0.15, -0.1) is 0 Å². The van der Waals surface area contributed by atoms with Crippen LogP contribution in [0.3, 0.4) is 0 Å². The van der Waals surface area contributed by atoms with Gasteiger partial charge < -0.3 is 5.73 Å². The average molecular weight is 221 g/mol. The molecule has 1 rings (SSSR count). The first-order valence-electron chi connectivity index (χ1n) is 5.27. The summed E-state index contributed by atoms with van der Waals surface area (Å²) in [7, 11) is 1.64. The van der Waals surface area contributed by atoms with Crippen molar-refractivity contribution >= 4 is 5.91 Å². The van der Waals surface area contributed by atoms with E-state index >= 15 is 0 Å². The highest BCUT2D eigenvalue weighted by Crippen LogP contribution is 2.22. The first-order valence-corrected chi connectivity index (χ1v) is 5.27. The summed E-state index contributed by atoms with van der Waals surface area (Å²) in [5.74, 6) is -0.224. The minimum atomic E-state index is -0.631. The van der Waals surface area contributed by atoms with Gasteiger partial charge in [-0.3, -0.25) is 10.2 Å². The second kappa shape index (κ2) is 5.09. The molecule has 1 atom stereocenters. The number of amides is 1. The van der Waals surface area contributed by atoms with Gasteiger partial charge in [-0.2, -0.15) is 0 Å². The normalized spacial score (nSPS) is 12.3. The molecule has 88 valence electrons. The van der Waals surface area contributed by atoms with Crippen molar-refractivity contribution in [2.45, 2.75) is 26.8 Å². The van der Waals surface area contributed by atoms with Crippen molar-refractivity contribution in [1.82, 2.24) is 10.9 Å². The van der Waals surface area contributed by atoms with Crippen molar-refractivity contribution in [2.24, 2.45) is 5.73 Å². The van der Waals surface area contributed by atoms with E-state index in [1.807, 2.05) is 32.9 Å². The van der Waals surface area contributed by atoms with E-state index in [2.05, 4.69) is 10.9 Å². The molecule has 4 nitrogen and oxygen atoms in total. The molecule has 0 aromatic heterocycles. The fourth-order valence-corrected chi connectivity index (χ4v) is 2.01. The number of aryl methyl sites for hydroxylation is 3. The van der Waals surface area contributed by atoms with E-state index in [0.717, 1.165) is 16.7 Å². The fraction of sp³-hybridized carbons (Fsp3) is 0.417. The minimum Gasteiger partial charge on any atom is -0.316 e. The SMILES string of the molecule is CNNC(=O)C(N)c1c(C)cc(C)cc1C. The maximum Gasteiger partial charge on any atom is 0.255 e.